The van der Waals surface area contributed by atoms with Gasteiger partial charge in [-0.2, -0.15) is 0 Å². The number of fused-ring (bicyclic) bond motifs is 8. The molecule has 1 aliphatic carbocycles. The number of furan rings is 2. The highest BCUT2D eigenvalue weighted by Gasteiger charge is 2.23. The molecule has 11 aromatic rings. The zero-order chi connectivity index (χ0) is 40.4. The van der Waals surface area contributed by atoms with Gasteiger partial charge in [0.15, 0.2) is 11.4 Å². The van der Waals surface area contributed by atoms with E-state index in [4.69, 9.17) is 23.8 Å². The first-order valence-corrected chi connectivity index (χ1v) is 20.8. The fourth-order valence-corrected chi connectivity index (χ4v) is 9.11. The molecule has 0 amide bonds. The van der Waals surface area contributed by atoms with E-state index in [1.54, 1.807) is 0 Å². The van der Waals surface area contributed by atoms with Crippen LogP contribution in [0.15, 0.2) is 197 Å². The number of hydrogen-bond acceptors (Lipinski definition) is 5. The molecule has 0 radical (unpaired) electrons. The molecule has 0 saturated carbocycles. The summed E-state index contributed by atoms with van der Waals surface area (Å²) in [4.78, 5) is 15.8. The third-order valence-corrected chi connectivity index (χ3v) is 12.2. The van der Waals surface area contributed by atoms with Crippen molar-refractivity contribution in [3.8, 4) is 45.0 Å². The minimum absolute atomic E-state index is 0.302. The molecule has 0 N–H and O–H groups in total. The quantitative estimate of drug-likeness (QED) is 0.168. The zero-order valence-electron chi connectivity index (χ0n) is 33.3. The first-order chi connectivity index (χ1) is 30.1. The number of allylic oxidation sites excluding steroid dienone is 4. The van der Waals surface area contributed by atoms with Crippen molar-refractivity contribution in [2.45, 2.75) is 13.3 Å². The summed E-state index contributed by atoms with van der Waals surface area (Å²) >= 11 is 0. The van der Waals surface area contributed by atoms with Crippen LogP contribution in [0.2, 0.25) is 0 Å². The van der Waals surface area contributed by atoms with Gasteiger partial charge in [0.25, 0.3) is 0 Å². The standard InChI is InChI=1S/C56H37N3O2/c1-34-26-27-39(32-46(34)43-22-13-21-42-41-18-8-10-24-49(41)60-54(42)43)48-33-47(57-56(58-48)38-16-6-3-7-17-38)36-28-30-37(31-29-36)52-55-51(44-19-9-11-25-50(44)61-55)45-23-12-20-40(53(45)59-52)35-14-4-2-5-15-35/h2-25,27-34H,26H2,1H3. The van der Waals surface area contributed by atoms with Crippen LogP contribution in [0.4, 0.5) is 0 Å². The van der Waals surface area contributed by atoms with E-state index in [9.17, 15) is 0 Å². The lowest BCUT2D eigenvalue weighted by atomic mass is 9.84. The Kier molecular flexibility index (Phi) is 8.13. The maximum atomic E-state index is 6.64. The average Bonchev–Trinajstić information content (AvgIpc) is 3.91. The molecule has 5 heteroatoms. The van der Waals surface area contributed by atoms with E-state index in [2.05, 4.69) is 146 Å². The van der Waals surface area contributed by atoms with Crippen molar-refractivity contribution in [3.63, 3.8) is 0 Å². The molecule has 12 rings (SSSR count). The molecule has 61 heavy (non-hydrogen) atoms. The van der Waals surface area contributed by atoms with E-state index in [1.807, 2.05) is 48.5 Å². The zero-order valence-corrected chi connectivity index (χ0v) is 33.3. The first-order valence-electron chi connectivity index (χ1n) is 20.8. The number of benzene rings is 7. The van der Waals surface area contributed by atoms with Crippen LogP contribution in [-0.2, 0) is 0 Å². The molecule has 4 heterocycles. The fraction of sp³-hybridized carbons (Fsp3) is 0.0536. The highest BCUT2D eigenvalue weighted by molar-refractivity contribution is 6.22. The Bertz CT molecular complexity index is 3560. The Morgan fingerprint density at radius 1 is 0.475 bits per heavy atom. The van der Waals surface area contributed by atoms with Crippen molar-refractivity contribution in [1.82, 2.24) is 15.0 Å². The van der Waals surface area contributed by atoms with E-state index < -0.39 is 0 Å². The summed E-state index contributed by atoms with van der Waals surface area (Å²) < 4.78 is 13.2. The van der Waals surface area contributed by atoms with Crippen LogP contribution < -0.4 is 0 Å². The Balaban J connectivity index is 0.989. The molecule has 4 aromatic heterocycles. The van der Waals surface area contributed by atoms with Crippen LogP contribution in [0.1, 0.15) is 24.6 Å². The molecule has 1 aliphatic rings. The Labute approximate surface area is 352 Å². The van der Waals surface area contributed by atoms with Crippen LogP contribution in [-0.4, -0.2) is 15.0 Å². The van der Waals surface area contributed by atoms with Gasteiger partial charge in [-0.1, -0.05) is 171 Å². The monoisotopic (exact) mass is 783 g/mol. The van der Waals surface area contributed by atoms with Crippen LogP contribution in [0.5, 0.6) is 0 Å². The Morgan fingerprint density at radius 3 is 1.87 bits per heavy atom. The minimum Gasteiger partial charge on any atom is -0.455 e. The molecular formula is C56H37N3O2. The van der Waals surface area contributed by atoms with E-state index in [0.717, 1.165) is 117 Å². The van der Waals surface area contributed by atoms with E-state index in [1.165, 1.54) is 5.57 Å². The number of rotatable bonds is 6. The average molecular weight is 784 g/mol. The number of nitrogens with zero attached hydrogens (tertiary/aromatic N) is 3. The predicted octanol–water partition coefficient (Wildman–Crippen LogP) is 15.0. The van der Waals surface area contributed by atoms with Gasteiger partial charge in [-0.15, -0.1) is 0 Å². The fourth-order valence-electron chi connectivity index (χ4n) is 9.11. The summed E-state index contributed by atoms with van der Waals surface area (Å²) in [6, 6.07) is 60.8. The van der Waals surface area contributed by atoms with Crippen LogP contribution in [0.3, 0.4) is 0 Å². The predicted molar refractivity (Wildman–Crippen MR) is 250 cm³/mol. The molecule has 0 aliphatic heterocycles. The summed E-state index contributed by atoms with van der Waals surface area (Å²) in [6.45, 7) is 2.29. The summed E-state index contributed by atoms with van der Waals surface area (Å²) in [6.07, 6.45) is 5.49. The molecular weight excluding hydrogens is 747 g/mol. The smallest absolute Gasteiger partial charge is 0.162 e. The summed E-state index contributed by atoms with van der Waals surface area (Å²) in [5, 5.41) is 5.49. The SMILES string of the molecule is CC1CC=C(c2cc(-c3ccc(-c4nc5c(-c6ccccc6)cccc5c5c4oc4ccccc45)cc3)nc(-c3ccccc3)n2)C=C1c1cccc2c1oc1ccccc12. The second-order valence-corrected chi connectivity index (χ2v) is 15.9. The summed E-state index contributed by atoms with van der Waals surface area (Å²) in [5.74, 6) is 0.982. The van der Waals surface area contributed by atoms with Gasteiger partial charge in [0.2, 0.25) is 0 Å². The Hall–Kier alpha value is -7.89. The molecule has 5 nitrogen and oxygen atoms in total. The van der Waals surface area contributed by atoms with E-state index in [-0.39, 0.29) is 0 Å². The molecule has 1 atom stereocenters. The van der Waals surface area contributed by atoms with Gasteiger partial charge >= 0.3 is 0 Å². The second kappa shape index (κ2) is 14.1. The number of aromatic nitrogens is 3. The molecule has 288 valence electrons. The van der Waals surface area contributed by atoms with Crippen molar-refractivity contribution in [3.05, 3.63) is 199 Å². The minimum atomic E-state index is 0.302. The topological polar surface area (TPSA) is 65.0 Å². The molecule has 0 spiro atoms. The van der Waals surface area contributed by atoms with Gasteiger partial charge in [-0.25, -0.2) is 15.0 Å². The Morgan fingerprint density at radius 2 is 1.08 bits per heavy atom. The van der Waals surface area contributed by atoms with Crippen molar-refractivity contribution >= 4 is 65.9 Å². The van der Waals surface area contributed by atoms with Gasteiger partial charge in [-0.3, -0.25) is 0 Å². The van der Waals surface area contributed by atoms with Gasteiger partial charge in [-0.05, 0) is 53.3 Å². The van der Waals surface area contributed by atoms with Crippen molar-refractivity contribution in [2.24, 2.45) is 5.92 Å². The number of pyridine rings is 1. The largest absolute Gasteiger partial charge is 0.455 e. The van der Waals surface area contributed by atoms with Crippen LogP contribution >= 0.6 is 0 Å². The lowest BCUT2D eigenvalue weighted by Crippen LogP contribution is -2.05. The molecule has 0 saturated heterocycles. The van der Waals surface area contributed by atoms with E-state index >= 15 is 0 Å². The summed E-state index contributed by atoms with van der Waals surface area (Å²) in [7, 11) is 0. The maximum Gasteiger partial charge on any atom is 0.162 e. The van der Waals surface area contributed by atoms with Gasteiger partial charge < -0.3 is 8.83 Å². The summed E-state index contributed by atoms with van der Waals surface area (Å²) in [5.41, 5.74) is 15.5. The normalized spacial score (nSPS) is 14.3. The molecule has 7 aromatic carbocycles. The first kappa shape index (κ1) is 35.1. The van der Waals surface area contributed by atoms with Crippen LogP contribution in [0.25, 0.3) is 111 Å². The lowest BCUT2D eigenvalue weighted by Gasteiger charge is -2.21. The maximum absolute atomic E-state index is 6.64. The van der Waals surface area contributed by atoms with Gasteiger partial charge in [0, 0.05) is 54.7 Å². The van der Waals surface area contributed by atoms with E-state index in [0.29, 0.717) is 11.7 Å². The van der Waals surface area contributed by atoms with Crippen molar-refractivity contribution in [1.29, 1.82) is 0 Å². The molecule has 1 unspecified atom stereocenters. The molecule has 0 fully saturated rings. The molecule has 0 bridgehead atoms. The number of para-hydroxylation sites is 4. The third-order valence-electron chi connectivity index (χ3n) is 12.2. The van der Waals surface area contributed by atoms with Crippen molar-refractivity contribution in [2.75, 3.05) is 0 Å². The highest BCUT2D eigenvalue weighted by Crippen LogP contribution is 2.43. The van der Waals surface area contributed by atoms with Gasteiger partial charge in [0.1, 0.15) is 22.4 Å². The third kappa shape index (κ3) is 5.89. The van der Waals surface area contributed by atoms with Crippen molar-refractivity contribution < 1.29 is 8.83 Å². The van der Waals surface area contributed by atoms with Gasteiger partial charge in [0.05, 0.1) is 16.9 Å². The number of hydrogen-bond donors (Lipinski definition) is 0. The highest BCUT2D eigenvalue weighted by atomic mass is 16.3. The second-order valence-electron chi connectivity index (χ2n) is 15.9. The lowest BCUT2D eigenvalue weighted by molar-refractivity contribution is 0.665. The van der Waals surface area contributed by atoms with Crippen LogP contribution in [0, 0.1) is 5.92 Å².